The Bertz CT molecular complexity index is 628. The van der Waals surface area contributed by atoms with Crippen molar-refractivity contribution in [3.05, 3.63) is 39.9 Å². The molecule has 4 nitrogen and oxygen atoms in total. The molecule has 0 saturated heterocycles. The van der Waals surface area contributed by atoms with Crippen molar-refractivity contribution in [3.8, 4) is 11.3 Å². The van der Waals surface area contributed by atoms with Crippen molar-refractivity contribution in [3.63, 3.8) is 0 Å². The van der Waals surface area contributed by atoms with Crippen LogP contribution in [0.25, 0.3) is 11.3 Å². The number of hydrogen-bond acceptors (Lipinski definition) is 2. The molecule has 0 N–H and O–H groups in total. The highest BCUT2D eigenvalue weighted by Gasteiger charge is 2.24. The molecule has 20 heavy (non-hydrogen) atoms. The molecule has 0 atom stereocenters. The molecule has 0 unspecified atom stereocenters. The second kappa shape index (κ2) is 5.75. The number of alkyl halides is 2. The van der Waals surface area contributed by atoms with E-state index in [0.29, 0.717) is 34.1 Å². The van der Waals surface area contributed by atoms with Crippen LogP contribution in [0.5, 0.6) is 0 Å². The third-order valence-electron chi connectivity index (χ3n) is 3.05. The van der Waals surface area contributed by atoms with E-state index >= 15 is 0 Å². The Kier molecular flexibility index (Phi) is 4.23. The zero-order chi connectivity index (χ0) is 14.9. The lowest BCUT2D eigenvalue weighted by Crippen LogP contribution is -2.25. The number of rotatable bonds is 4. The summed E-state index contributed by atoms with van der Waals surface area (Å²) in [5.41, 5.74) is 0.893. The molecule has 0 radical (unpaired) electrons. The van der Waals surface area contributed by atoms with Crippen LogP contribution in [0.3, 0.4) is 0 Å². The van der Waals surface area contributed by atoms with Crippen LogP contribution in [0.1, 0.15) is 31.5 Å². The third kappa shape index (κ3) is 2.47. The number of aryl methyl sites for hydroxylation is 2. The Hall–Kier alpha value is -1.69. The van der Waals surface area contributed by atoms with Crippen molar-refractivity contribution >= 4 is 11.6 Å². The highest BCUT2D eigenvalue weighted by Crippen LogP contribution is 2.36. The van der Waals surface area contributed by atoms with E-state index < -0.39 is 6.43 Å². The fourth-order valence-corrected chi connectivity index (χ4v) is 2.45. The highest BCUT2D eigenvalue weighted by molar-refractivity contribution is 6.33. The second-order valence-corrected chi connectivity index (χ2v) is 4.63. The van der Waals surface area contributed by atoms with Crippen LogP contribution < -0.4 is 4.73 Å². The average Bonchev–Trinajstić information content (AvgIpc) is 2.74. The molecule has 0 saturated carbocycles. The quantitative estimate of drug-likeness (QED) is 0.642. The van der Waals surface area contributed by atoms with E-state index in [0.717, 1.165) is 18.5 Å². The second-order valence-electron chi connectivity index (χ2n) is 4.25. The van der Waals surface area contributed by atoms with Crippen LogP contribution in [0.15, 0.2) is 18.5 Å². The van der Waals surface area contributed by atoms with Gasteiger partial charge in [-0.25, -0.2) is 8.78 Å². The van der Waals surface area contributed by atoms with Crippen molar-refractivity contribution in [2.45, 2.75) is 33.2 Å². The summed E-state index contributed by atoms with van der Waals surface area (Å²) in [6, 6.07) is 1.11. The van der Waals surface area contributed by atoms with Gasteiger partial charge in [-0.05, 0) is 13.3 Å². The van der Waals surface area contributed by atoms with E-state index in [1.165, 1.54) is 0 Å². The molecular formula is C13H14ClF2N3O. The van der Waals surface area contributed by atoms with Crippen molar-refractivity contribution in [1.82, 2.24) is 9.78 Å². The third-order valence-corrected chi connectivity index (χ3v) is 3.45. The van der Waals surface area contributed by atoms with Crippen LogP contribution in [0.4, 0.5) is 8.78 Å². The highest BCUT2D eigenvalue weighted by atomic mass is 35.5. The van der Waals surface area contributed by atoms with Gasteiger partial charge in [-0.15, -0.1) is 0 Å². The van der Waals surface area contributed by atoms with E-state index in [1.54, 1.807) is 4.68 Å². The molecule has 0 aromatic carbocycles. The lowest BCUT2D eigenvalue weighted by molar-refractivity contribution is -0.605. The molecule has 0 spiro atoms. The molecule has 0 aliphatic rings. The molecule has 0 bridgehead atoms. The topological polar surface area (TPSA) is 44.8 Å². The predicted octanol–water partition coefficient (Wildman–Crippen LogP) is 3.36. The summed E-state index contributed by atoms with van der Waals surface area (Å²) in [4.78, 5) is 0. The summed E-state index contributed by atoms with van der Waals surface area (Å²) >= 11 is 6.23. The van der Waals surface area contributed by atoms with E-state index in [1.807, 2.05) is 13.8 Å². The lowest BCUT2D eigenvalue weighted by atomic mass is 10.1. The molecule has 0 amide bonds. The zero-order valence-electron chi connectivity index (χ0n) is 11.1. The smallest absolute Gasteiger partial charge is 0.264 e. The monoisotopic (exact) mass is 301 g/mol. The van der Waals surface area contributed by atoms with Crippen LogP contribution in [0.2, 0.25) is 5.02 Å². The summed E-state index contributed by atoms with van der Waals surface area (Å²) in [5, 5.41) is 16.0. The van der Waals surface area contributed by atoms with Crippen molar-refractivity contribution < 1.29 is 13.5 Å². The van der Waals surface area contributed by atoms with Gasteiger partial charge in [0.25, 0.3) is 6.43 Å². The molecule has 108 valence electrons. The first-order chi connectivity index (χ1) is 9.49. The molecule has 2 aromatic rings. The molecule has 0 aliphatic heterocycles. The van der Waals surface area contributed by atoms with Crippen LogP contribution in [-0.4, -0.2) is 9.78 Å². The lowest BCUT2D eigenvalue weighted by Gasteiger charge is -2.10. The van der Waals surface area contributed by atoms with Crippen molar-refractivity contribution in [2.24, 2.45) is 0 Å². The Balaban J connectivity index is 2.73. The Labute approximate surface area is 120 Å². The minimum absolute atomic E-state index is 0.122. The molecule has 2 rings (SSSR count). The maximum absolute atomic E-state index is 13.1. The predicted molar refractivity (Wildman–Crippen MR) is 71.6 cm³/mol. The van der Waals surface area contributed by atoms with Gasteiger partial charge in [0.2, 0.25) is 0 Å². The summed E-state index contributed by atoms with van der Waals surface area (Å²) in [5.74, 6) is 0. The van der Waals surface area contributed by atoms with Crippen molar-refractivity contribution in [2.75, 3.05) is 0 Å². The fourth-order valence-electron chi connectivity index (χ4n) is 2.08. The Morgan fingerprint density at radius 1 is 1.45 bits per heavy atom. The van der Waals surface area contributed by atoms with Gasteiger partial charge in [-0.3, -0.25) is 4.68 Å². The fraction of sp³-hybridized carbons (Fsp3) is 0.385. The van der Waals surface area contributed by atoms with E-state index in [9.17, 15) is 14.0 Å². The summed E-state index contributed by atoms with van der Waals surface area (Å²) in [7, 11) is 0. The minimum Gasteiger partial charge on any atom is -0.619 e. The van der Waals surface area contributed by atoms with Gasteiger partial charge < -0.3 is 5.21 Å². The van der Waals surface area contributed by atoms with E-state index in [4.69, 9.17) is 11.6 Å². The van der Waals surface area contributed by atoms with E-state index in [-0.39, 0.29) is 11.1 Å². The van der Waals surface area contributed by atoms with E-state index in [2.05, 4.69) is 5.10 Å². The van der Waals surface area contributed by atoms with Gasteiger partial charge >= 0.3 is 0 Å². The van der Waals surface area contributed by atoms with Gasteiger partial charge in [0.05, 0.1) is 22.0 Å². The largest absolute Gasteiger partial charge is 0.619 e. The average molecular weight is 302 g/mol. The Morgan fingerprint density at radius 2 is 2.15 bits per heavy atom. The van der Waals surface area contributed by atoms with Crippen LogP contribution >= 0.6 is 11.6 Å². The van der Waals surface area contributed by atoms with Gasteiger partial charge in [0, 0.05) is 18.2 Å². The Morgan fingerprint density at radius 3 is 2.70 bits per heavy atom. The van der Waals surface area contributed by atoms with Gasteiger partial charge in [0.15, 0.2) is 12.4 Å². The first-order valence-corrected chi connectivity index (χ1v) is 6.63. The number of hydrogen-bond donors (Lipinski definition) is 0. The normalized spacial score (nSPS) is 11.3. The maximum atomic E-state index is 13.1. The molecule has 2 heterocycles. The standard InChI is InChI=1S/C13H14ClF2N3O/c1-3-10-11(14)12(19(4-2)17-10)9-7-18(20)6-5-8(9)13(15)16/h5-7,13H,3-4H2,1-2H3. The molecule has 0 fully saturated rings. The summed E-state index contributed by atoms with van der Waals surface area (Å²) in [6.45, 7) is 4.19. The summed E-state index contributed by atoms with van der Waals surface area (Å²) in [6.07, 6.45) is 0.0579. The zero-order valence-corrected chi connectivity index (χ0v) is 11.9. The number of aromatic nitrogens is 3. The number of halogens is 3. The summed E-state index contributed by atoms with van der Waals surface area (Å²) < 4.78 is 28.3. The number of pyridine rings is 1. The van der Waals surface area contributed by atoms with Gasteiger partial charge in [-0.1, -0.05) is 18.5 Å². The number of nitrogens with zero attached hydrogens (tertiary/aromatic N) is 3. The maximum Gasteiger partial charge on any atom is 0.264 e. The van der Waals surface area contributed by atoms with Gasteiger partial charge in [-0.2, -0.15) is 9.83 Å². The molecule has 7 heteroatoms. The first-order valence-electron chi connectivity index (χ1n) is 6.25. The first kappa shape index (κ1) is 14.7. The van der Waals surface area contributed by atoms with Crippen LogP contribution in [0, 0.1) is 5.21 Å². The van der Waals surface area contributed by atoms with Gasteiger partial charge in [0.1, 0.15) is 0 Å². The SMILES string of the molecule is CCc1nn(CC)c(-c2c[n+]([O-])ccc2C(F)F)c1Cl. The van der Waals surface area contributed by atoms with Crippen LogP contribution in [-0.2, 0) is 13.0 Å². The molecule has 0 aliphatic carbocycles. The molecular weight excluding hydrogens is 288 g/mol. The molecule has 2 aromatic heterocycles. The minimum atomic E-state index is -2.69. The van der Waals surface area contributed by atoms with Crippen molar-refractivity contribution in [1.29, 1.82) is 0 Å².